The molecule has 0 unspecified atom stereocenters. The van der Waals surface area contributed by atoms with Gasteiger partial charge in [-0.1, -0.05) is 30.7 Å². The number of halogens is 1. The van der Waals surface area contributed by atoms with Gasteiger partial charge in [0.2, 0.25) is 5.78 Å². The molecule has 0 amide bonds. The Morgan fingerprint density at radius 2 is 2.19 bits per heavy atom. The lowest BCUT2D eigenvalue weighted by Crippen LogP contribution is -2.12. The first-order chi connectivity index (χ1) is 10.0. The summed E-state index contributed by atoms with van der Waals surface area (Å²) in [5, 5.41) is 4.53. The maximum Gasteiger partial charge on any atom is 0.212 e. The Hall–Kier alpha value is -1.81. The van der Waals surface area contributed by atoms with Gasteiger partial charge in [-0.15, -0.1) is 0 Å². The topological polar surface area (TPSA) is 44.1 Å². The minimum Gasteiger partial charge on any atom is -0.491 e. The summed E-state index contributed by atoms with van der Waals surface area (Å²) in [4.78, 5) is 12.7. The minimum atomic E-state index is -0.139. The van der Waals surface area contributed by atoms with Gasteiger partial charge < -0.3 is 4.74 Å². The van der Waals surface area contributed by atoms with E-state index in [9.17, 15) is 4.79 Å². The van der Waals surface area contributed by atoms with Gasteiger partial charge in [-0.05, 0) is 32.4 Å². The highest BCUT2D eigenvalue weighted by Gasteiger charge is 2.19. The molecular weight excluding hydrogens is 288 g/mol. The van der Waals surface area contributed by atoms with E-state index in [2.05, 4.69) is 5.10 Å². The second-order valence-corrected chi connectivity index (χ2v) is 5.50. The standard InChI is InChI=1S/C16H19ClN2O2/c1-4-8-19-15(14(17)10-18-19)16(20)12-6-5-7-13(9-12)21-11(2)3/h5-7,9-11H,4,8H2,1-3H3. The van der Waals surface area contributed by atoms with Gasteiger partial charge in [-0.3, -0.25) is 9.48 Å². The Morgan fingerprint density at radius 1 is 1.43 bits per heavy atom. The predicted molar refractivity (Wildman–Crippen MR) is 83.2 cm³/mol. The van der Waals surface area contributed by atoms with E-state index in [1.54, 1.807) is 22.9 Å². The molecule has 21 heavy (non-hydrogen) atoms. The van der Waals surface area contributed by atoms with Crippen LogP contribution >= 0.6 is 11.6 Å². The van der Waals surface area contributed by atoms with Crippen LogP contribution in [0.1, 0.15) is 43.2 Å². The number of aryl methyl sites for hydroxylation is 1. The normalized spacial score (nSPS) is 10.9. The van der Waals surface area contributed by atoms with Crippen molar-refractivity contribution in [1.82, 2.24) is 9.78 Å². The van der Waals surface area contributed by atoms with Gasteiger partial charge in [0.25, 0.3) is 0 Å². The zero-order valence-corrected chi connectivity index (χ0v) is 13.2. The lowest BCUT2D eigenvalue weighted by atomic mass is 10.1. The van der Waals surface area contributed by atoms with Crippen LogP contribution in [-0.4, -0.2) is 21.7 Å². The number of ketones is 1. The molecule has 0 aliphatic carbocycles. The van der Waals surface area contributed by atoms with Crippen molar-refractivity contribution < 1.29 is 9.53 Å². The molecule has 0 N–H and O–H groups in total. The van der Waals surface area contributed by atoms with Gasteiger partial charge in [0.15, 0.2) is 0 Å². The van der Waals surface area contributed by atoms with Crippen LogP contribution < -0.4 is 4.74 Å². The number of benzene rings is 1. The average Bonchev–Trinajstić information content (AvgIpc) is 2.79. The fraction of sp³-hybridized carbons (Fsp3) is 0.375. The molecule has 2 rings (SSSR count). The van der Waals surface area contributed by atoms with Gasteiger partial charge >= 0.3 is 0 Å². The summed E-state index contributed by atoms with van der Waals surface area (Å²) in [5.41, 5.74) is 0.980. The molecule has 0 aliphatic rings. The lowest BCUT2D eigenvalue weighted by molar-refractivity contribution is 0.102. The smallest absolute Gasteiger partial charge is 0.212 e. The predicted octanol–water partition coefficient (Wildman–Crippen LogP) is 3.96. The van der Waals surface area contributed by atoms with E-state index in [1.165, 1.54) is 6.20 Å². The molecule has 112 valence electrons. The van der Waals surface area contributed by atoms with E-state index < -0.39 is 0 Å². The molecular formula is C16H19ClN2O2. The van der Waals surface area contributed by atoms with E-state index in [4.69, 9.17) is 16.3 Å². The first-order valence-corrected chi connectivity index (χ1v) is 7.43. The minimum absolute atomic E-state index is 0.0598. The van der Waals surface area contributed by atoms with Crippen LogP contribution in [0.25, 0.3) is 0 Å². The van der Waals surface area contributed by atoms with Crippen molar-refractivity contribution in [3.63, 3.8) is 0 Å². The summed E-state index contributed by atoms with van der Waals surface area (Å²) in [6, 6.07) is 7.14. The summed E-state index contributed by atoms with van der Waals surface area (Å²) >= 11 is 6.11. The van der Waals surface area contributed by atoms with Crippen LogP contribution in [0.2, 0.25) is 5.02 Å². The molecule has 0 bridgehead atoms. The van der Waals surface area contributed by atoms with Gasteiger partial charge in [0.05, 0.1) is 17.3 Å². The average molecular weight is 307 g/mol. The number of carbonyl (C=O) groups is 1. The first-order valence-electron chi connectivity index (χ1n) is 7.05. The van der Waals surface area contributed by atoms with Crippen molar-refractivity contribution in [3.8, 4) is 5.75 Å². The molecule has 0 fully saturated rings. The van der Waals surface area contributed by atoms with E-state index >= 15 is 0 Å². The molecule has 4 nitrogen and oxygen atoms in total. The largest absolute Gasteiger partial charge is 0.491 e. The highest BCUT2D eigenvalue weighted by molar-refractivity contribution is 6.34. The Balaban J connectivity index is 2.34. The summed E-state index contributed by atoms with van der Waals surface area (Å²) in [6.45, 7) is 6.58. The maximum absolute atomic E-state index is 12.7. The van der Waals surface area contributed by atoms with E-state index in [1.807, 2.05) is 26.8 Å². The van der Waals surface area contributed by atoms with E-state index in [-0.39, 0.29) is 11.9 Å². The van der Waals surface area contributed by atoms with Crippen LogP contribution in [0.4, 0.5) is 0 Å². The van der Waals surface area contributed by atoms with E-state index in [0.29, 0.717) is 28.6 Å². The quantitative estimate of drug-likeness (QED) is 0.759. The third-order valence-corrected chi connectivity index (χ3v) is 3.19. The number of hydrogen-bond donors (Lipinski definition) is 0. The van der Waals surface area contributed by atoms with Crippen LogP contribution in [0, 0.1) is 0 Å². The number of ether oxygens (including phenoxy) is 1. The molecule has 0 aliphatic heterocycles. The van der Waals surface area contributed by atoms with Crippen molar-refractivity contribution in [2.45, 2.75) is 39.8 Å². The van der Waals surface area contributed by atoms with Gasteiger partial charge in [-0.2, -0.15) is 5.10 Å². The number of carbonyl (C=O) groups excluding carboxylic acids is 1. The van der Waals surface area contributed by atoms with Crippen LogP contribution in [0.3, 0.4) is 0 Å². The Bertz CT molecular complexity index is 635. The van der Waals surface area contributed by atoms with Crippen molar-refractivity contribution in [2.24, 2.45) is 0 Å². The first kappa shape index (κ1) is 15.6. The zero-order chi connectivity index (χ0) is 15.4. The molecule has 2 aromatic rings. The summed E-state index contributed by atoms with van der Waals surface area (Å²) in [7, 11) is 0. The highest BCUT2D eigenvalue weighted by Crippen LogP contribution is 2.22. The van der Waals surface area contributed by atoms with Crippen molar-refractivity contribution in [2.75, 3.05) is 0 Å². The molecule has 0 atom stereocenters. The Morgan fingerprint density at radius 3 is 2.86 bits per heavy atom. The molecule has 1 heterocycles. The highest BCUT2D eigenvalue weighted by atomic mass is 35.5. The van der Waals surface area contributed by atoms with E-state index in [0.717, 1.165) is 6.42 Å². The molecule has 0 radical (unpaired) electrons. The van der Waals surface area contributed by atoms with Crippen LogP contribution in [-0.2, 0) is 6.54 Å². The fourth-order valence-electron chi connectivity index (χ4n) is 2.09. The maximum atomic E-state index is 12.7. The van der Waals surface area contributed by atoms with Crippen molar-refractivity contribution >= 4 is 17.4 Å². The Labute approximate surface area is 129 Å². The third-order valence-electron chi connectivity index (χ3n) is 2.91. The lowest BCUT2D eigenvalue weighted by Gasteiger charge is -2.11. The fourth-order valence-corrected chi connectivity index (χ4v) is 2.32. The van der Waals surface area contributed by atoms with Crippen molar-refractivity contribution in [3.05, 3.63) is 46.7 Å². The van der Waals surface area contributed by atoms with Gasteiger partial charge in [-0.25, -0.2) is 0 Å². The monoisotopic (exact) mass is 306 g/mol. The van der Waals surface area contributed by atoms with Crippen LogP contribution in [0.5, 0.6) is 5.75 Å². The van der Waals surface area contributed by atoms with Crippen molar-refractivity contribution in [1.29, 1.82) is 0 Å². The molecule has 1 aromatic carbocycles. The molecule has 5 heteroatoms. The second-order valence-electron chi connectivity index (χ2n) is 5.09. The summed E-state index contributed by atoms with van der Waals surface area (Å²) in [5.74, 6) is 0.536. The molecule has 1 aromatic heterocycles. The number of rotatable bonds is 6. The summed E-state index contributed by atoms with van der Waals surface area (Å²) < 4.78 is 7.28. The number of nitrogens with zero attached hydrogens (tertiary/aromatic N) is 2. The van der Waals surface area contributed by atoms with Crippen LogP contribution in [0.15, 0.2) is 30.5 Å². The number of hydrogen-bond acceptors (Lipinski definition) is 3. The summed E-state index contributed by atoms with van der Waals surface area (Å²) in [6.07, 6.45) is 2.46. The molecule has 0 spiro atoms. The van der Waals surface area contributed by atoms with Gasteiger partial charge in [0, 0.05) is 12.1 Å². The second kappa shape index (κ2) is 6.76. The Kier molecular flexibility index (Phi) is 5.02. The molecule has 0 saturated carbocycles. The third kappa shape index (κ3) is 3.64. The molecule has 0 saturated heterocycles. The zero-order valence-electron chi connectivity index (χ0n) is 12.5. The van der Waals surface area contributed by atoms with Gasteiger partial charge in [0.1, 0.15) is 11.4 Å². The number of aromatic nitrogens is 2. The SMILES string of the molecule is CCCn1ncc(Cl)c1C(=O)c1cccc(OC(C)C)c1.